The molecule has 1 fully saturated rings. The molecule has 2 rings (SSSR count). The monoisotopic (exact) mass is 298 g/mol. The van der Waals surface area contributed by atoms with Gasteiger partial charge in [0.2, 0.25) is 12.1 Å². The van der Waals surface area contributed by atoms with Gasteiger partial charge in [-0.05, 0) is 25.1 Å². The van der Waals surface area contributed by atoms with E-state index in [0.717, 1.165) is 0 Å². The van der Waals surface area contributed by atoms with Gasteiger partial charge < -0.3 is 29.2 Å². The van der Waals surface area contributed by atoms with Gasteiger partial charge in [0, 0.05) is 12.2 Å². The molecule has 0 unspecified atom stereocenters. The second kappa shape index (κ2) is 6.97. The van der Waals surface area contributed by atoms with Gasteiger partial charge in [-0.1, -0.05) is 0 Å². The third-order valence-electron chi connectivity index (χ3n) is 3.07. The van der Waals surface area contributed by atoms with Crippen LogP contribution in [0, 0.1) is 0 Å². The van der Waals surface area contributed by atoms with E-state index < -0.39 is 30.9 Å². The Morgan fingerprint density at radius 1 is 1.43 bits per heavy atom. The molecule has 0 aromatic carbocycles. The Morgan fingerprint density at radius 2 is 2.19 bits per heavy atom. The molecular weight excluding hydrogens is 280 g/mol. The largest absolute Gasteiger partial charge is 0.459 e. The molecule has 1 aromatic heterocycles. The van der Waals surface area contributed by atoms with E-state index in [1.54, 1.807) is 19.1 Å². The van der Waals surface area contributed by atoms with E-state index in [9.17, 15) is 9.90 Å². The number of Topliss-reactive ketones (excluding diaryl/α,β-unsaturated/α-hetero) is 1. The van der Waals surface area contributed by atoms with Crippen LogP contribution in [0.3, 0.4) is 0 Å². The molecule has 21 heavy (non-hydrogen) atoms. The summed E-state index contributed by atoms with van der Waals surface area (Å²) in [5.41, 5.74) is 0.161. The van der Waals surface area contributed by atoms with Crippen molar-refractivity contribution in [3.05, 3.63) is 29.2 Å². The highest BCUT2D eigenvalue weighted by molar-refractivity contribution is 6.04. The van der Waals surface area contributed by atoms with E-state index >= 15 is 0 Å². The number of carbonyl (C=O) groups excluding carboxylic acids is 1. The van der Waals surface area contributed by atoms with Crippen LogP contribution in [0.2, 0.25) is 0 Å². The number of ether oxygens (including phenoxy) is 2. The maximum atomic E-state index is 12.2. The second-order valence-electron chi connectivity index (χ2n) is 4.52. The standard InChI is InChI=1S/C14H18O7/c1-2-19-14-12(18)10(13(21-14)11(17)7-16)5-8-3-4-9(6-15)20-8/h3-5,11,13-17H,2,6-7H2,1H3/t11-,13+,14+/m1/s1. The van der Waals surface area contributed by atoms with E-state index in [-0.39, 0.29) is 18.8 Å². The van der Waals surface area contributed by atoms with Crippen molar-refractivity contribution in [3.8, 4) is 0 Å². The minimum Gasteiger partial charge on any atom is -0.459 e. The maximum Gasteiger partial charge on any atom is 0.223 e. The van der Waals surface area contributed by atoms with Gasteiger partial charge in [0.1, 0.15) is 30.3 Å². The minimum atomic E-state index is -1.24. The number of rotatable bonds is 6. The summed E-state index contributed by atoms with van der Waals surface area (Å²) in [6.45, 7) is 1.20. The molecule has 0 aliphatic carbocycles. The average Bonchev–Trinajstić information content (AvgIpc) is 3.06. The van der Waals surface area contributed by atoms with Gasteiger partial charge in [-0.15, -0.1) is 0 Å². The molecule has 1 aliphatic heterocycles. The fraction of sp³-hybridized carbons (Fsp3) is 0.500. The van der Waals surface area contributed by atoms with Gasteiger partial charge in [0.15, 0.2) is 0 Å². The zero-order chi connectivity index (χ0) is 15.4. The van der Waals surface area contributed by atoms with Crippen molar-refractivity contribution in [1.29, 1.82) is 0 Å². The van der Waals surface area contributed by atoms with E-state index in [4.69, 9.17) is 24.1 Å². The Balaban J connectivity index is 2.29. The van der Waals surface area contributed by atoms with E-state index in [0.29, 0.717) is 11.5 Å². The predicted octanol–water partition coefficient (Wildman–Crippen LogP) is -0.161. The number of carbonyl (C=O) groups is 1. The molecule has 0 amide bonds. The molecule has 2 heterocycles. The Hall–Kier alpha value is -1.51. The quantitative estimate of drug-likeness (QED) is 0.626. The molecule has 1 saturated heterocycles. The predicted molar refractivity (Wildman–Crippen MR) is 71.0 cm³/mol. The lowest BCUT2D eigenvalue weighted by Gasteiger charge is -2.16. The first-order valence-corrected chi connectivity index (χ1v) is 6.62. The fourth-order valence-corrected chi connectivity index (χ4v) is 2.07. The van der Waals surface area contributed by atoms with Gasteiger partial charge in [0.05, 0.1) is 6.61 Å². The first kappa shape index (κ1) is 15.9. The van der Waals surface area contributed by atoms with Crippen molar-refractivity contribution < 1.29 is 34.0 Å². The summed E-state index contributed by atoms with van der Waals surface area (Å²) < 4.78 is 15.8. The van der Waals surface area contributed by atoms with Crippen molar-refractivity contribution in [2.75, 3.05) is 13.2 Å². The van der Waals surface area contributed by atoms with Crippen LogP contribution in [0.5, 0.6) is 0 Å². The third kappa shape index (κ3) is 3.39. The van der Waals surface area contributed by atoms with Crippen LogP contribution < -0.4 is 0 Å². The minimum absolute atomic E-state index is 0.161. The molecule has 3 atom stereocenters. The molecule has 0 bridgehead atoms. The lowest BCUT2D eigenvalue weighted by atomic mass is 10.0. The van der Waals surface area contributed by atoms with Crippen LogP contribution in [-0.2, 0) is 20.9 Å². The highest BCUT2D eigenvalue weighted by atomic mass is 16.7. The molecule has 0 saturated carbocycles. The molecule has 116 valence electrons. The van der Waals surface area contributed by atoms with Crippen molar-refractivity contribution in [2.45, 2.75) is 32.0 Å². The van der Waals surface area contributed by atoms with Crippen molar-refractivity contribution in [3.63, 3.8) is 0 Å². The first-order chi connectivity index (χ1) is 10.1. The van der Waals surface area contributed by atoms with E-state index in [1.807, 2.05) is 0 Å². The Morgan fingerprint density at radius 3 is 2.76 bits per heavy atom. The zero-order valence-electron chi connectivity index (χ0n) is 11.6. The fourth-order valence-electron chi connectivity index (χ4n) is 2.07. The number of furan rings is 1. The topological polar surface area (TPSA) is 109 Å². The summed E-state index contributed by atoms with van der Waals surface area (Å²) in [7, 11) is 0. The normalized spacial score (nSPS) is 25.7. The molecule has 1 aromatic rings. The summed E-state index contributed by atoms with van der Waals surface area (Å²) in [5.74, 6) is 0.281. The number of ketones is 1. The number of hydrogen-bond acceptors (Lipinski definition) is 7. The number of hydrogen-bond donors (Lipinski definition) is 3. The van der Waals surface area contributed by atoms with Crippen molar-refractivity contribution in [1.82, 2.24) is 0 Å². The first-order valence-electron chi connectivity index (χ1n) is 6.62. The van der Waals surface area contributed by atoms with Gasteiger partial charge in [-0.3, -0.25) is 4.79 Å². The number of aliphatic hydroxyl groups excluding tert-OH is 3. The summed E-state index contributed by atoms with van der Waals surface area (Å²) in [5, 5.41) is 27.8. The average molecular weight is 298 g/mol. The lowest BCUT2D eigenvalue weighted by Crippen LogP contribution is -2.31. The summed E-state index contributed by atoms with van der Waals surface area (Å²) in [6.07, 6.45) is -1.90. The van der Waals surface area contributed by atoms with Gasteiger partial charge in [-0.2, -0.15) is 0 Å². The van der Waals surface area contributed by atoms with Crippen LogP contribution in [0.1, 0.15) is 18.4 Å². The van der Waals surface area contributed by atoms with Crippen LogP contribution in [0.15, 0.2) is 22.1 Å². The van der Waals surface area contributed by atoms with Crippen LogP contribution in [0.4, 0.5) is 0 Å². The molecule has 0 radical (unpaired) electrons. The Labute approximate surface area is 121 Å². The van der Waals surface area contributed by atoms with Crippen LogP contribution >= 0.6 is 0 Å². The summed E-state index contributed by atoms with van der Waals surface area (Å²) in [4.78, 5) is 12.2. The maximum absolute atomic E-state index is 12.2. The van der Waals surface area contributed by atoms with Crippen LogP contribution in [0.25, 0.3) is 6.08 Å². The highest BCUT2D eigenvalue weighted by Crippen LogP contribution is 2.28. The zero-order valence-corrected chi connectivity index (χ0v) is 11.6. The van der Waals surface area contributed by atoms with Gasteiger partial charge >= 0.3 is 0 Å². The van der Waals surface area contributed by atoms with Crippen molar-refractivity contribution >= 4 is 11.9 Å². The lowest BCUT2D eigenvalue weighted by molar-refractivity contribution is -0.166. The molecule has 1 aliphatic rings. The van der Waals surface area contributed by atoms with Crippen molar-refractivity contribution in [2.24, 2.45) is 0 Å². The Bertz CT molecular complexity index is 519. The van der Waals surface area contributed by atoms with E-state index in [2.05, 4.69) is 0 Å². The molecule has 0 spiro atoms. The molecule has 7 heteroatoms. The number of aliphatic hydroxyl groups is 3. The highest BCUT2D eigenvalue weighted by Gasteiger charge is 2.42. The Kier molecular flexibility index (Phi) is 5.27. The second-order valence-corrected chi connectivity index (χ2v) is 4.52. The smallest absolute Gasteiger partial charge is 0.223 e. The molecule has 7 nitrogen and oxygen atoms in total. The summed E-state index contributed by atoms with van der Waals surface area (Å²) in [6, 6.07) is 3.16. The molecular formula is C14H18O7. The third-order valence-corrected chi connectivity index (χ3v) is 3.07. The van der Waals surface area contributed by atoms with Gasteiger partial charge in [-0.25, -0.2) is 0 Å². The molecule has 3 N–H and O–H groups in total. The van der Waals surface area contributed by atoms with Gasteiger partial charge in [0.25, 0.3) is 0 Å². The van der Waals surface area contributed by atoms with E-state index in [1.165, 1.54) is 6.08 Å². The SMILES string of the molecule is CCO[C@H]1O[C@H]([C@H](O)CO)C(=Cc2ccc(CO)o2)C1=O. The summed E-state index contributed by atoms with van der Waals surface area (Å²) >= 11 is 0. The van der Waals surface area contributed by atoms with Crippen LogP contribution in [-0.4, -0.2) is 52.8 Å².